The van der Waals surface area contributed by atoms with Crippen LogP contribution >= 0.6 is 35.0 Å². The summed E-state index contributed by atoms with van der Waals surface area (Å²) in [5, 5.41) is 3.87. The highest BCUT2D eigenvalue weighted by Crippen LogP contribution is 2.54. The van der Waals surface area contributed by atoms with Gasteiger partial charge in [0.2, 0.25) is 10.8 Å². The van der Waals surface area contributed by atoms with E-state index < -0.39 is 4.87 Å². The van der Waals surface area contributed by atoms with Crippen molar-refractivity contribution in [1.82, 2.24) is 0 Å². The molecule has 2 amide bonds. The van der Waals surface area contributed by atoms with Crippen molar-refractivity contribution in [3.8, 4) is 0 Å². The van der Waals surface area contributed by atoms with E-state index in [1.165, 1.54) is 16.7 Å². The number of anilines is 2. The summed E-state index contributed by atoms with van der Waals surface area (Å²) >= 11 is 13.5. The molecule has 1 unspecified atom stereocenters. The number of thioether (sulfide) groups is 1. The van der Waals surface area contributed by atoms with Crippen molar-refractivity contribution >= 4 is 58.2 Å². The van der Waals surface area contributed by atoms with Crippen LogP contribution in [0.5, 0.6) is 0 Å². The van der Waals surface area contributed by atoms with Gasteiger partial charge in [-0.2, -0.15) is 0 Å². The molecule has 0 aliphatic carbocycles. The maximum absolute atomic E-state index is 12.8. The summed E-state index contributed by atoms with van der Waals surface area (Å²) in [4.78, 5) is 25.7. The fourth-order valence-corrected chi connectivity index (χ4v) is 4.67. The predicted octanol–water partition coefficient (Wildman–Crippen LogP) is 3.88. The Morgan fingerprint density at radius 1 is 1.09 bits per heavy atom. The first-order chi connectivity index (χ1) is 11.0. The number of hydrogen-bond donors (Lipinski definition) is 1. The molecule has 2 aromatic rings. The number of nitrogens with zero attached hydrogens (tertiary/aromatic N) is 1. The van der Waals surface area contributed by atoms with E-state index in [2.05, 4.69) is 5.32 Å². The van der Waals surface area contributed by atoms with Crippen molar-refractivity contribution in [1.29, 1.82) is 0 Å². The van der Waals surface area contributed by atoms with Crippen LogP contribution in [0, 0.1) is 0 Å². The van der Waals surface area contributed by atoms with Crippen LogP contribution in [0.3, 0.4) is 0 Å². The second-order valence-corrected chi connectivity index (χ2v) is 7.33. The zero-order valence-electron chi connectivity index (χ0n) is 11.7. The first-order valence-corrected chi connectivity index (χ1v) is 8.60. The van der Waals surface area contributed by atoms with Gasteiger partial charge in [-0.15, -0.1) is 11.8 Å². The van der Waals surface area contributed by atoms with Crippen LogP contribution in [0.2, 0.25) is 10.0 Å². The van der Waals surface area contributed by atoms with Gasteiger partial charge in [-0.25, -0.2) is 0 Å². The molecule has 2 heterocycles. The number of carbonyl (C=O) groups is 2. The van der Waals surface area contributed by atoms with Gasteiger partial charge in [-0.1, -0.05) is 29.3 Å². The molecule has 0 radical (unpaired) electrons. The van der Waals surface area contributed by atoms with Crippen molar-refractivity contribution < 1.29 is 9.59 Å². The SMILES string of the molecule is O=C1CSC2(C(=O)Nc3ccc(Cl)cc32)N1c1cccc(Cl)c1. The molecule has 1 spiro atoms. The molecule has 2 aliphatic rings. The quantitative estimate of drug-likeness (QED) is 0.835. The lowest BCUT2D eigenvalue weighted by molar-refractivity contribution is -0.122. The molecule has 7 heteroatoms. The molecule has 2 aliphatic heterocycles. The van der Waals surface area contributed by atoms with Crippen LogP contribution in [-0.2, 0) is 14.5 Å². The van der Waals surface area contributed by atoms with Gasteiger partial charge in [-0.05, 0) is 36.4 Å². The minimum Gasteiger partial charge on any atom is -0.323 e. The van der Waals surface area contributed by atoms with E-state index in [9.17, 15) is 9.59 Å². The fraction of sp³-hybridized carbons (Fsp3) is 0.125. The van der Waals surface area contributed by atoms with Crippen LogP contribution in [0.15, 0.2) is 42.5 Å². The van der Waals surface area contributed by atoms with Crippen molar-refractivity contribution in [2.45, 2.75) is 4.87 Å². The molecular weight excluding hydrogens is 355 g/mol. The zero-order valence-corrected chi connectivity index (χ0v) is 14.0. The van der Waals surface area contributed by atoms with Crippen molar-refractivity contribution in [2.75, 3.05) is 16.0 Å². The lowest BCUT2D eigenvalue weighted by atomic mass is 10.0. The Balaban J connectivity index is 1.95. The lowest BCUT2D eigenvalue weighted by Gasteiger charge is -2.32. The number of benzene rings is 2. The number of amides is 2. The smallest absolute Gasteiger partial charge is 0.266 e. The Hall–Kier alpha value is -1.69. The average molecular weight is 365 g/mol. The summed E-state index contributed by atoms with van der Waals surface area (Å²) in [6, 6.07) is 12.1. The van der Waals surface area contributed by atoms with Crippen LogP contribution in [0.4, 0.5) is 11.4 Å². The van der Waals surface area contributed by atoms with Crippen molar-refractivity contribution in [3.05, 3.63) is 58.1 Å². The van der Waals surface area contributed by atoms with Crippen LogP contribution in [-0.4, -0.2) is 17.6 Å². The molecule has 0 aromatic heterocycles. The summed E-state index contributed by atoms with van der Waals surface area (Å²) < 4.78 is 0. The van der Waals surface area contributed by atoms with Gasteiger partial charge in [0.1, 0.15) is 0 Å². The number of carbonyl (C=O) groups excluding carboxylic acids is 2. The third-order valence-electron chi connectivity index (χ3n) is 3.94. The standard InChI is InChI=1S/C16H10Cl2N2O2S/c17-9-2-1-3-11(6-9)20-14(21)8-23-16(20)12-7-10(18)4-5-13(12)19-15(16)22/h1-7H,8H2,(H,19,22). The van der Waals surface area contributed by atoms with E-state index in [1.54, 1.807) is 42.5 Å². The van der Waals surface area contributed by atoms with Crippen LogP contribution < -0.4 is 10.2 Å². The molecule has 23 heavy (non-hydrogen) atoms. The molecule has 1 fully saturated rings. The average Bonchev–Trinajstić information content (AvgIpc) is 2.99. The Kier molecular flexibility index (Phi) is 3.34. The molecule has 0 bridgehead atoms. The topological polar surface area (TPSA) is 49.4 Å². The molecule has 4 rings (SSSR count). The third kappa shape index (κ3) is 2.07. The maximum atomic E-state index is 12.8. The van der Waals surface area contributed by atoms with Gasteiger partial charge in [0.15, 0.2) is 0 Å². The first kappa shape index (κ1) is 14.9. The predicted molar refractivity (Wildman–Crippen MR) is 93.2 cm³/mol. The summed E-state index contributed by atoms with van der Waals surface area (Å²) in [5.41, 5.74) is 1.97. The molecule has 1 atom stereocenters. The Labute approximate surface area is 146 Å². The fourth-order valence-electron chi connectivity index (χ4n) is 3.01. The Bertz CT molecular complexity index is 858. The van der Waals surface area contributed by atoms with Gasteiger partial charge in [0.05, 0.1) is 5.75 Å². The maximum Gasteiger partial charge on any atom is 0.266 e. The van der Waals surface area contributed by atoms with E-state index >= 15 is 0 Å². The highest BCUT2D eigenvalue weighted by Gasteiger charge is 2.58. The highest BCUT2D eigenvalue weighted by atomic mass is 35.5. The summed E-state index contributed by atoms with van der Waals surface area (Å²) in [6.07, 6.45) is 0. The number of rotatable bonds is 1. The molecule has 0 saturated carbocycles. The number of nitrogens with one attached hydrogen (secondary N) is 1. The minimum atomic E-state index is -1.14. The number of fused-ring (bicyclic) bond motifs is 2. The largest absolute Gasteiger partial charge is 0.323 e. The highest BCUT2D eigenvalue weighted by molar-refractivity contribution is 8.02. The Morgan fingerprint density at radius 2 is 1.87 bits per heavy atom. The van der Waals surface area contributed by atoms with E-state index in [-0.39, 0.29) is 17.6 Å². The normalized spacial score (nSPS) is 22.6. The first-order valence-electron chi connectivity index (χ1n) is 6.86. The molecule has 1 saturated heterocycles. The Morgan fingerprint density at radius 3 is 2.65 bits per heavy atom. The molecule has 2 aromatic carbocycles. The van der Waals surface area contributed by atoms with E-state index in [0.29, 0.717) is 27.0 Å². The van der Waals surface area contributed by atoms with E-state index in [0.717, 1.165) is 0 Å². The second kappa shape index (κ2) is 5.16. The third-order valence-corrected chi connectivity index (χ3v) is 5.81. The van der Waals surface area contributed by atoms with Gasteiger partial charge in [-0.3, -0.25) is 14.5 Å². The molecular formula is C16H10Cl2N2O2S. The zero-order chi connectivity index (χ0) is 16.2. The molecule has 4 nitrogen and oxygen atoms in total. The second-order valence-electron chi connectivity index (χ2n) is 5.29. The monoisotopic (exact) mass is 364 g/mol. The van der Waals surface area contributed by atoms with Crippen molar-refractivity contribution in [2.24, 2.45) is 0 Å². The van der Waals surface area contributed by atoms with Gasteiger partial charge in [0.25, 0.3) is 5.91 Å². The molecule has 116 valence electrons. The van der Waals surface area contributed by atoms with Gasteiger partial charge >= 0.3 is 0 Å². The van der Waals surface area contributed by atoms with Crippen molar-refractivity contribution in [3.63, 3.8) is 0 Å². The van der Waals surface area contributed by atoms with E-state index in [1.807, 2.05) is 0 Å². The molecule has 1 N–H and O–H groups in total. The van der Waals surface area contributed by atoms with E-state index in [4.69, 9.17) is 23.2 Å². The number of halogens is 2. The van der Waals surface area contributed by atoms with Gasteiger partial charge < -0.3 is 5.32 Å². The van der Waals surface area contributed by atoms with Crippen LogP contribution in [0.25, 0.3) is 0 Å². The minimum absolute atomic E-state index is 0.139. The summed E-state index contributed by atoms with van der Waals surface area (Å²) in [6.45, 7) is 0. The number of hydrogen-bond acceptors (Lipinski definition) is 3. The van der Waals surface area contributed by atoms with Gasteiger partial charge in [0, 0.05) is 27.0 Å². The summed E-state index contributed by atoms with van der Waals surface area (Å²) in [5.74, 6) is -0.169. The summed E-state index contributed by atoms with van der Waals surface area (Å²) in [7, 11) is 0. The van der Waals surface area contributed by atoms with Crippen LogP contribution in [0.1, 0.15) is 5.56 Å². The lowest BCUT2D eigenvalue weighted by Crippen LogP contribution is -2.47.